The summed E-state index contributed by atoms with van der Waals surface area (Å²) < 4.78 is 8.76. The highest BCUT2D eigenvalue weighted by Gasteiger charge is 2.25. The first-order valence-corrected chi connectivity index (χ1v) is 9.45. The van der Waals surface area contributed by atoms with Crippen LogP contribution in [0.5, 0.6) is 5.88 Å². The highest BCUT2D eigenvalue weighted by Crippen LogP contribution is 2.37. The molecule has 4 rings (SSSR count). The molecule has 130 valence electrons. The molecule has 0 unspecified atom stereocenters. The minimum absolute atomic E-state index is 0.266. The first-order valence-electron chi connectivity index (χ1n) is 9.45. The van der Waals surface area contributed by atoms with Crippen LogP contribution in [0.4, 0.5) is 0 Å². The molecule has 2 aliphatic rings. The predicted octanol–water partition coefficient (Wildman–Crippen LogP) is 3.68. The van der Waals surface area contributed by atoms with E-state index in [0.29, 0.717) is 6.04 Å². The fourth-order valence-corrected chi connectivity index (χ4v) is 4.34. The molecule has 2 aromatic rings. The molecule has 5 heteroatoms. The van der Waals surface area contributed by atoms with E-state index in [4.69, 9.17) is 4.74 Å². The number of hydrogen-bond donors (Lipinski definition) is 1. The summed E-state index contributed by atoms with van der Waals surface area (Å²) in [5.74, 6) is 0.780. The molecule has 2 fully saturated rings. The Kier molecular flexibility index (Phi) is 4.44. The molecule has 1 N–H and O–H groups in total. The Bertz CT molecular complexity index is 712. The lowest BCUT2D eigenvalue weighted by Crippen LogP contribution is -2.34. The third-order valence-corrected chi connectivity index (χ3v) is 5.80. The summed E-state index contributed by atoms with van der Waals surface area (Å²) in [6, 6.07) is 0.580. The van der Waals surface area contributed by atoms with Crippen molar-refractivity contribution in [3.05, 3.63) is 17.6 Å². The van der Waals surface area contributed by atoms with Gasteiger partial charge in [-0.15, -0.1) is 0 Å². The number of aromatic nitrogens is 3. The largest absolute Gasteiger partial charge is 0.474 e. The van der Waals surface area contributed by atoms with Gasteiger partial charge in [-0.1, -0.05) is 19.3 Å². The number of nitrogens with zero attached hydrogens (tertiary/aromatic N) is 3. The first-order chi connectivity index (χ1) is 11.8. The molecule has 1 aliphatic carbocycles. The molecule has 2 aromatic heterocycles. The molecule has 24 heavy (non-hydrogen) atoms. The summed E-state index contributed by atoms with van der Waals surface area (Å²) in [5.41, 5.74) is 3.67. The molecule has 1 aliphatic heterocycles. The standard InChI is InChI=1S/C19H28N4O/c1-13-14(2)23(15-6-4-3-5-7-15)18-17(13)19(22-12-21-18)24-16-8-10-20-11-9-16/h12,15-16,20H,3-11H2,1-2H3. The topological polar surface area (TPSA) is 52.0 Å². The third-order valence-electron chi connectivity index (χ3n) is 5.80. The van der Waals surface area contributed by atoms with Crippen molar-refractivity contribution in [1.29, 1.82) is 0 Å². The van der Waals surface area contributed by atoms with Gasteiger partial charge in [-0.3, -0.25) is 0 Å². The first kappa shape index (κ1) is 15.9. The lowest BCUT2D eigenvalue weighted by atomic mass is 9.95. The molecule has 1 saturated carbocycles. The van der Waals surface area contributed by atoms with E-state index in [1.807, 2.05) is 0 Å². The van der Waals surface area contributed by atoms with Gasteiger partial charge in [0.05, 0.1) is 5.39 Å². The van der Waals surface area contributed by atoms with Crippen LogP contribution in [0.2, 0.25) is 0 Å². The highest BCUT2D eigenvalue weighted by molar-refractivity contribution is 5.86. The van der Waals surface area contributed by atoms with Gasteiger partial charge in [-0.2, -0.15) is 0 Å². The van der Waals surface area contributed by atoms with Crippen LogP contribution in [-0.4, -0.2) is 33.7 Å². The Morgan fingerprint density at radius 2 is 1.79 bits per heavy atom. The van der Waals surface area contributed by atoms with Crippen molar-refractivity contribution in [3.63, 3.8) is 0 Å². The molecule has 0 atom stereocenters. The highest BCUT2D eigenvalue weighted by atomic mass is 16.5. The van der Waals surface area contributed by atoms with E-state index in [1.54, 1.807) is 6.33 Å². The van der Waals surface area contributed by atoms with Crippen LogP contribution in [0.1, 0.15) is 62.2 Å². The van der Waals surface area contributed by atoms with E-state index >= 15 is 0 Å². The smallest absolute Gasteiger partial charge is 0.226 e. The maximum atomic E-state index is 6.30. The average molecular weight is 328 g/mol. The predicted molar refractivity (Wildman–Crippen MR) is 95.6 cm³/mol. The maximum Gasteiger partial charge on any atom is 0.226 e. The van der Waals surface area contributed by atoms with Crippen LogP contribution in [0.25, 0.3) is 11.0 Å². The van der Waals surface area contributed by atoms with Crippen LogP contribution < -0.4 is 10.1 Å². The van der Waals surface area contributed by atoms with Gasteiger partial charge in [0.1, 0.15) is 18.1 Å². The summed E-state index contributed by atoms with van der Waals surface area (Å²) in [4.78, 5) is 9.15. The number of fused-ring (bicyclic) bond motifs is 1. The van der Waals surface area contributed by atoms with Crippen molar-refractivity contribution in [1.82, 2.24) is 19.9 Å². The summed E-state index contributed by atoms with van der Waals surface area (Å²) in [6.07, 6.45) is 10.6. The number of hydrogen-bond acceptors (Lipinski definition) is 4. The van der Waals surface area contributed by atoms with Crippen molar-refractivity contribution in [3.8, 4) is 5.88 Å². The van der Waals surface area contributed by atoms with Crippen molar-refractivity contribution in [2.75, 3.05) is 13.1 Å². The molecule has 0 aromatic carbocycles. The van der Waals surface area contributed by atoms with E-state index in [2.05, 4.69) is 33.7 Å². The van der Waals surface area contributed by atoms with Crippen molar-refractivity contribution < 1.29 is 4.74 Å². The van der Waals surface area contributed by atoms with Crippen LogP contribution in [-0.2, 0) is 0 Å². The number of rotatable bonds is 3. The van der Waals surface area contributed by atoms with Crippen LogP contribution in [0, 0.1) is 13.8 Å². The average Bonchev–Trinajstić information content (AvgIpc) is 2.88. The third kappa shape index (κ3) is 2.79. The van der Waals surface area contributed by atoms with Crippen molar-refractivity contribution in [2.24, 2.45) is 0 Å². The Morgan fingerprint density at radius 3 is 2.54 bits per heavy atom. The molecule has 0 radical (unpaired) electrons. The number of piperidine rings is 1. The summed E-state index contributed by atoms with van der Waals surface area (Å²) >= 11 is 0. The molecular weight excluding hydrogens is 300 g/mol. The van der Waals surface area contributed by atoms with Gasteiger partial charge >= 0.3 is 0 Å². The molecule has 0 spiro atoms. The Labute approximate surface area is 143 Å². The SMILES string of the molecule is Cc1c(C)n(C2CCCCC2)c2ncnc(OC3CCNCC3)c12. The Morgan fingerprint density at radius 1 is 1.04 bits per heavy atom. The second kappa shape index (κ2) is 6.71. The zero-order chi connectivity index (χ0) is 16.5. The van der Waals surface area contributed by atoms with Crippen molar-refractivity contribution >= 4 is 11.0 Å². The maximum absolute atomic E-state index is 6.30. The molecule has 3 heterocycles. The lowest BCUT2D eigenvalue weighted by molar-refractivity contribution is 0.158. The minimum Gasteiger partial charge on any atom is -0.474 e. The number of nitrogens with one attached hydrogen (secondary N) is 1. The van der Waals surface area contributed by atoms with E-state index in [0.717, 1.165) is 42.8 Å². The van der Waals surface area contributed by atoms with Crippen LogP contribution in [0.3, 0.4) is 0 Å². The van der Waals surface area contributed by atoms with Gasteiger partial charge < -0.3 is 14.6 Å². The Hall–Kier alpha value is -1.62. The van der Waals surface area contributed by atoms with E-state index in [9.17, 15) is 0 Å². The number of aryl methyl sites for hydroxylation is 1. The zero-order valence-electron chi connectivity index (χ0n) is 14.8. The summed E-state index contributed by atoms with van der Waals surface area (Å²) in [6.45, 7) is 6.47. The van der Waals surface area contributed by atoms with E-state index < -0.39 is 0 Å². The van der Waals surface area contributed by atoms with Gasteiger partial charge in [0.2, 0.25) is 5.88 Å². The second-order valence-electron chi connectivity index (χ2n) is 7.32. The minimum atomic E-state index is 0.266. The van der Waals surface area contributed by atoms with Crippen molar-refractivity contribution in [2.45, 2.75) is 70.9 Å². The molecular formula is C19H28N4O. The van der Waals surface area contributed by atoms with Gasteiger partial charge in [0, 0.05) is 11.7 Å². The molecule has 5 nitrogen and oxygen atoms in total. The molecule has 0 bridgehead atoms. The van der Waals surface area contributed by atoms with Gasteiger partial charge in [0.15, 0.2) is 0 Å². The zero-order valence-corrected chi connectivity index (χ0v) is 14.8. The molecule has 1 saturated heterocycles. The van der Waals surface area contributed by atoms with E-state index in [1.165, 1.54) is 43.4 Å². The number of ether oxygens (including phenoxy) is 1. The van der Waals surface area contributed by atoms with Crippen LogP contribution in [0.15, 0.2) is 6.33 Å². The quantitative estimate of drug-likeness (QED) is 0.934. The fraction of sp³-hybridized carbons (Fsp3) is 0.684. The van der Waals surface area contributed by atoms with Crippen LogP contribution >= 0.6 is 0 Å². The second-order valence-corrected chi connectivity index (χ2v) is 7.32. The van der Waals surface area contributed by atoms with Gasteiger partial charge in [0.25, 0.3) is 0 Å². The lowest BCUT2D eigenvalue weighted by Gasteiger charge is -2.25. The summed E-state index contributed by atoms with van der Waals surface area (Å²) in [5, 5.41) is 4.51. The summed E-state index contributed by atoms with van der Waals surface area (Å²) in [7, 11) is 0. The Balaban J connectivity index is 1.73. The molecule has 0 amide bonds. The van der Waals surface area contributed by atoms with Gasteiger partial charge in [-0.25, -0.2) is 9.97 Å². The van der Waals surface area contributed by atoms with Gasteiger partial charge in [-0.05, 0) is 58.2 Å². The normalized spacial score (nSPS) is 20.6. The fourth-order valence-electron chi connectivity index (χ4n) is 4.34. The monoisotopic (exact) mass is 328 g/mol. The van der Waals surface area contributed by atoms with E-state index in [-0.39, 0.29) is 6.10 Å².